The van der Waals surface area contributed by atoms with Crippen LogP contribution < -0.4 is 0 Å². The molecule has 0 saturated heterocycles. The fraction of sp³-hybridized carbons (Fsp3) is 0.250. The molecule has 3 nitrogen and oxygen atoms in total. The number of nitrogens with zero attached hydrogens (tertiary/aromatic N) is 2. The van der Waals surface area contributed by atoms with Gasteiger partial charge >= 0.3 is 0 Å². The summed E-state index contributed by atoms with van der Waals surface area (Å²) >= 11 is 0. The average Bonchev–Trinajstić information content (AvgIpc) is 2.54. The van der Waals surface area contributed by atoms with Crippen molar-refractivity contribution in [1.82, 2.24) is 9.78 Å². The van der Waals surface area contributed by atoms with Crippen LogP contribution in [0.1, 0.15) is 11.3 Å². The molecule has 1 aromatic heterocycles. The van der Waals surface area contributed by atoms with Gasteiger partial charge in [0, 0.05) is 18.2 Å². The Hall–Kier alpha value is -1.61. The first kappa shape index (κ1) is 9.93. The van der Waals surface area contributed by atoms with Gasteiger partial charge < -0.3 is 5.11 Å². The largest absolute Gasteiger partial charge is 0.392 e. The molecule has 0 atom stereocenters. The van der Waals surface area contributed by atoms with E-state index in [0.717, 1.165) is 22.5 Å². The van der Waals surface area contributed by atoms with Crippen LogP contribution in [0.25, 0.3) is 11.3 Å². The van der Waals surface area contributed by atoms with Gasteiger partial charge in [-0.1, -0.05) is 30.3 Å². The number of rotatable bonds is 2. The number of aliphatic hydroxyl groups is 1. The lowest BCUT2D eigenvalue weighted by Gasteiger charge is -2.04. The van der Waals surface area contributed by atoms with Crippen LogP contribution in [0.4, 0.5) is 0 Å². The summed E-state index contributed by atoms with van der Waals surface area (Å²) in [5.41, 5.74) is 3.88. The summed E-state index contributed by atoms with van der Waals surface area (Å²) < 4.78 is 1.82. The zero-order chi connectivity index (χ0) is 10.8. The molecule has 3 heteroatoms. The Labute approximate surface area is 89.0 Å². The van der Waals surface area contributed by atoms with Gasteiger partial charge in [-0.3, -0.25) is 4.68 Å². The van der Waals surface area contributed by atoms with Crippen LogP contribution in [0, 0.1) is 6.92 Å². The van der Waals surface area contributed by atoms with Gasteiger partial charge in [0.15, 0.2) is 0 Å². The molecule has 0 spiro atoms. The van der Waals surface area contributed by atoms with Crippen molar-refractivity contribution in [2.45, 2.75) is 13.5 Å². The lowest BCUT2D eigenvalue weighted by atomic mass is 10.1. The highest BCUT2D eigenvalue weighted by Gasteiger charge is 2.13. The predicted molar refractivity (Wildman–Crippen MR) is 59.3 cm³/mol. The van der Waals surface area contributed by atoms with E-state index in [1.54, 1.807) is 0 Å². The summed E-state index contributed by atoms with van der Waals surface area (Å²) in [7, 11) is 1.90. The number of hydrogen-bond acceptors (Lipinski definition) is 2. The molecule has 15 heavy (non-hydrogen) atoms. The molecule has 78 valence electrons. The minimum absolute atomic E-state index is 0.0316. The first-order valence-electron chi connectivity index (χ1n) is 4.92. The standard InChI is InChI=1S/C12H14N2O/c1-9-11(8-15)12(14(2)13-9)10-6-4-3-5-7-10/h3-7,15H,8H2,1-2H3. The minimum atomic E-state index is 0.0316. The number of aliphatic hydroxyl groups excluding tert-OH is 1. The quantitative estimate of drug-likeness (QED) is 0.807. The maximum Gasteiger partial charge on any atom is 0.0736 e. The maximum atomic E-state index is 9.32. The van der Waals surface area contributed by atoms with Crippen molar-refractivity contribution in [2.24, 2.45) is 7.05 Å². The van der Waals surface area contributed by atoms with Gasteiger partial charge in [0.25, 0.3) is 0 Å². The fourth-order valence-corrected chi connectivity index (χ4v) is 1.85. The van der Waals surface area contributed by atoms with Crippen LogP contribution in [0.15, 0.2) is 30.3 Å². The second kappa shape index (κ2) is 3.87. The normalized spacial score (nSPS) is 10.6. The van der Waals surface area contributed by atoms with Crippen LogP contribution in [-0.4, -0.2) is 14.9 Å². The van der Waals surface area contributed by atoms with Crippen LogP contribution in [0.5, 0.6) is 0 Å². The zero-order valence-electron chi connectivity index (χ0n) is 8.94. The molecular formula is C12H14N2O. The second-order valence-electron chi connectivity index (χ2n) is 3.56. The molecule has 2 rings (SSSR count). The third kappa shape index (κ3) is 1.66. The van der Waals surface area contributed by atoms with Crippen LogP contribution in [-0.2, 0) is 13.7 Å². The van der Waals surface area contributed by atoms with Crippen molar-refractivity contribution in [3.05, 3.63) is 41.6 Å². The van der Waals surface area contributed by atoms with Gasteiger partial charge in [0.05, 0.1) is 18.0 Å². The molecule has 0 aliphatic heterocycles. The molecule has 0 saturated carbocycles. The van der Waals surface area contributed by atoms with E-state index in [0.29, 0.717) is 0 Å². The van der Waals surface area contributed by atoms with Crippen LogP contribution >= 0.6 is 0 Å². The highest BCUT2D eigenvalue weighted by atomic mass is 16.3. The van der Waals surface area contributed by atoms with Crippen molar-refractivity contribution in [2.75, 3.05) is 0 Å². The third-order valence-electron chi connectivity index (χ3n) is 2.55. The van der Waals surface area contributed by atoms with E-state index < -0.39 is 0 Å². The topological polar surface area (TPSA) is 38.0 Å². The molecule has 0 aliphatic carbocycles. The SMILES string of the molecule is Cc1nn(C)c(-c2ccccc2)c1CO. The van der Waals surface area contributed by atoms with E-state index in [1.165, 1.54) is 0 Å². The molecule has 1 heterocycles. The van der Waals surface area contributed by atoms with Crippen LogP contribution in [0.2, 0.25) is 0 Å². The highest BCUT2D eigenvalue weighted by Crippen LogP contribution is 2.25. The highest BCUT2D eigenvalue weighted by molar-refractivity contribution is 5.64. The second-order valence-corrected chi connectivity index (χ2v) is 3.56. The Morgan fingerprint density at radius 3 is 2.53 bits per heavy atom. The van der Waals surface area contributed by atoms with Crippen LogP contribution in [0.3, 0.4) is 0 Å². The fourth-order valence-electron chi connectivity index (χ4n) is 1.85. The predicted octanol–water partition coefficient (Wildman–Crippen LogP) is 1.89. The molecule has 0 unspecified atom stereocenters. The van der Waals surface area contributed by atoms with E-state index in [9.17, 15) is 5.11 Å². The summed E-state index contributed by atoms with van der Waals surface area (Å²) in [5, 5.41) is 13.6. The van der Waals surface area contributed by atoms with Gasteiger partial charge in [-0.15, -0.1) is 0 Å². The van der Waals surface area contributed by atoms with Crippen molar-refractivity contribution >= 4 is 0 Å². The average molecular weight is 202 g/mol. The summed E-state index contributed by atoms with van der Waals surface area (Å²) in [6, 6.07) is 9.99. The number of benzene rings is 1. The van der Waals surface area contributed by atoms with Gasteiger partial charge in [0.1, 0.15) is 0 Å². The van der Waals surface area contributed by atoms with E-state index in [4.69, 9.17) is 0 Å². The Morgan fingerprint density at radius 1 is 1.27 bits per heavy atom. The lowest BCUT2D eigenvalue weighted by molar-refractivity contribution is 0.281. The molecule has 0 bridgehead atoms. The Balaban J connectivity index is 2.62. The number of hydrogen-bond donors (Lipinski definition) is 1. The van der Waals surface area contributed by atoms with Crippen molar-refractivity contribution in [1.29, 1.82) is 0 Å². The molecule has 2 aromatic rings. The van der Waals surface area contributed by atoms with E-state index >= 15 is 0 Å². The Morgan fingerprint density at radius 2 is 1.93 bits per heavy atom. The summed E-state index contributed by atoms with van der Waals surface area (Å²) in [5.74, 6) is 0. The molecule has 1 N–H and O–H groups in total. The van der Waals surface area contributed by atoms with Crippen molar-refractivity contribution in [3.63, 3.8) is 0 Å². The lowest BCUT2D eigenvalue weighted by Crippen LogP contribution is -1.95. The smallest absolute Gasteiger partial charge is 0.0736 e. The molecule has 0 radical (unpaired) electrons. The van der Waals surface area contributed by atoms with Gasteiger partial charge in [0.2, 0.25) is 0 Å². The van der Waals surface area contributed by atoms with Gasteiger partial charge in [-0.2, -0.15) is 5.10 Å². The maximum absolute atomic E-state index is 9.32. The first-order valence-corrected chi connectivity index (χ1v) is 4.92. The number of aromatic nitrogens is 2. The van der Waals surface area contributed by atoms with Crippen molar-refractivity contribution in [3.8, 4) is 11.3 Å². The molecule has 0 aliphatic rings. The summed E-state index contributed by atoms with van der Waals surface area (Å²) in [6.45, 7) is 1.95. The molecule has 0 fully saturated rings. The molecule has 1 aromatic carbocycles. The monoisotopic (exact) mass is 202 g/mol. The number of aryl methyl sites for hydroxylation is 2. The summed E-state index contributed by atoms with van der Waals surface area (Å²) in [4.78, 5) is 0. The van der Waals surface area contributed by atoms with Crippen molar-refractivity contribution < 1.29 is 5.11 Å². The van der Waals surface area contributed by atoms with Gasteiger partial charge in [-0.05, 0) is 6.92 Å². The molecular weight excluding hydrogens is 188 g/mol. The third-order valence-corrected chi connectivity index (χ3v) is 2.55. The Bertz CT molecular complexity index is 460. The Kier molecular flexibility index (Phi) is 2.56. The zero-order valence-corrected chi connectivity index (χ0v) is 8.94. The molecule has 0 amide bonds. The van der Waals surface area contributed by atoms with E-state index in [1.807, 2.05) is 49.0 Å². The summed E-state index contributed by atoms with van der Waals surface area (Å²) in [6.07, 6.45) is 0. The minimum Gasteiger partial charge on any atom is -0.392 e. The van der Waals surface area contributed by atoms with E-state index in [-0.39, 0.29) is 6.61 Å². The van der Waals surface area contributed by atoms with E-state index in [2.05, 4.69) is 5.10 Å². The van der Waals surface area contributed by atoms with Gasteiger partial charge in [-0.25, -0.2) is 0 Å². The first-order chi connectivity index (χ1) is 7.24.